The molecule has 2 aromatic rings. The number of anilines is 1. The van der Waals surface area contributed by atoms with Gasteiger partial charge in [0.1, 0.15) is 0 Å². The summed E-state index contributed by atoms with van der Waals surface area (Å²) in [4.78, 5) is 23.7. The quantitative estimate of drug-likeness (QED) is 0.593. The van der Waals surface area contributed by atoms with E-state index in [1.54, 1.807) is 44.3 Å². The third kappa shape index (κ3) is 5.80. The van der Waals surface area contributed by atoms with Crippen molar-refractivity contribution in [2.75, 3.05) is 18.9 Å². The fourth-order valence-electron chi connectivity index (χ4n) is 2.42. The summed E-state index contributed by atoms with van der Waals surface area (Å²) in [5.41, 5.74) is 2.76. The van der Waals surface area contributed by atoms with Crippen LogP contribution in [0, 0.1) is 6.92 Å². The Balaban J connectivity index is 1.87. The maximum Gasteiger partial charge on any atom is 0.319 e. The molecule has 5 N–H and O–H groups in total. The lowest BCUT2D eigenvalue weighted by molar-refractivity contribution is 0.0963. The zero-order valence-electron chi connectivity index (χ0n) is 15.1. The highest BCUT2D eigenvalue weighted by Gasteiger charge is 2.09. The van der Waals surface area contributed by atoms with Crippen molar-refractivity contribution in [2.45, 2.75) is 18.2 Å². The Morgan fingerprint density at radius 3 is 2.30 bits per heavy atom. The maximum absolute atomic E-state index is 12.0. The smallest absolute Gasteiger partial charge is 0.319 e. The Morgan fingerprint density at radius 1 is 1.07 bits per heavy atom. The maximum atomic E-state index is 12.0. The second-order valence-electron chi connectivity index (χ2n) is 5.93. The zero-order chi connectivity index (χ0) is 20.0. The van der Waals surface area contributed by atoms with E-state index < -0.39 is 10.0 Å². The van der Waals surface area contributed by atoms with E-state index in [9.17, 15) is 18.0 Å². The van der Waals surface area contributed by atoms with Crippen molar-refractivity contribution in [2.24, 2.45) is 5.14 Å². The molecule has 0 saturated heterocycles. The molecule has 0 unspecified atom stereocenters. The van der Waals surface area contributed by atoms with Gasteiger partial charge in [0.05, 0.1) is 4.90 Å². The topological polar surface area (TPSA) is 130 Å². The first-order valence-electron chi connectivity index (χ1n) is 8.20. The molecule has 0 spiro atoms. The minimum absolute atomic E-state index is 0.0487. The predicted octanol–water partition coefficient (Wildman–Crippen LogP) is 1.37. The van der Waals surface area contributed by atoms with Crippen molar-refractivity contribution in [3.63, 3.8) is 0 Å². The molecule has 2 aromatic carbocycles. The average Bonchev–Trinajstić information content (AvgIpc) is 2.62. The van der Waals surface area contributed by atoms with Gasteiger partial charge in [-0.2, -0.15) is 0 Å². The van der Waals surface area contributed by atoms with E-state index in [4.69, 9.17) is 5.14 Å². The number of carbonyl (C=O) groups excluding carboxylic acids is 2. The van der Waals surface area contributed by atoms with E-state index in [-0.39, 0.29) is 16.8 Å². The van der Waals surface area contributed by atoms with E-state index in [1.807, 2.05) is 0 Å². The minimum Gasteiger partial charge on any atom is -0.355 e. The third-order valence-corrected chi connectivity index (χ3v) is 4.84. The van der Waals surface area contributed by atoms with Gasteiger partial charge >= 0.3 is 6.03 Å². The number of aryl methyl sites for hydroxylation is 1. The molecule has 0 aliphatic heterocycles. The van der Waals surface area contributed by atoms with E-state index in [0.29, 0.717) is 24.2 Å². The Kier molecular flexibility index (Phi) is 6.54. The highest BCUT2D eigenvalue weighted by molar-refractivity contribution is 7.89. The Labute approximate surface area is 158 Å². The molecule has 27 heavy (non-hydrogen) atoms. The lowest BCUT2D eigenvalue weighted by Crippen LogP contribution is -2.30. The SMILES string of the molecule is CNC(=O)c1ccc(NC(=O)NCCc2ccc(S(N)(=O)=O)cc2)c(C)c1. The van der Waals surface area contributed by atoms with Crippen LogP contribution in [0.25, 0.3) is 0 Å². The number of hydrogen-bond donors (Lipinski definition) is 4. The molecule has 3 amide bonds. The number of carbonyl (C=O) groups is 2. The number of nitrogens with two attached hydrogens (primary N) is 1. The lowest BCUT2D eigenvalue weighted by Gasteiger charge is -2.11. The first-order chi connectivity index (χ1) is 12.7. The Morgan fingerprint density at radius 2 is 1.74 bits per heavy atom. The lowest BCUT2D eigenvalue weighted by atomic mass is 10.1. The average molecular weight is 390 g/mol. The van der Waals surface area contributed by atoms with Crippen LogP contribution in [0.5, 0.6) is 0 Å². The number of primary sulfonamides is 1. The number of nitrogens with one attached hydrogen (secondary N) is 3. The van der Waals surface area contributed by atoms with Crippen LogP contribution in [-0.4, -0.2) is 33.9 Å². The van der Waals surface area contributed by atoms with Crippen LogP contribution in [0.2, 0.25) is 0 Å². The summed E-state index contributed by atoms with van der Waals surface area (Å²) in [7, 11) is -2.15. The molecule has 0 fully saturated rings. The van der Waals surface area contributed by atoms with Crippen molar-refractivity contribution in [3.05, 3.63) is 59.2 Å². The largest absolute Gasteiger partial charge is 0.355 e. The summed E-state index contributed by atoms with van der Waals surface area (Å²) < 4.78 is 22.4. The second kappa shape index (κ2) is 8.65. The molecule has 144 valence electrons. The molecule has 0 aromatic heterocycles. The normalized spacial score (nSPS) is 10.9. The molecule has 0 heterocycles. The Hall–Kier alpha value is -2.91. The van der Waals surface area contributed by atoms with Crippen LogP contribution in [-0.2, 0) is 16.4 Å². The van der Waals surface area contributed by atoms with Gasteiger partial charge in [-0.15, -0.1) is 0 Å². The van der Waals surface area contributed by atoms with Crippen LogP contribution in [0.3, 0.4) is 0 Å². The van der Waals surface area contributed by atoms with Crippen molar-refractivity contribution >= 4 is 27.6 Å². The molecule has 0 atom stereocenters. The summed E-state index contributed by atoms with van der Waals surface area (Å²) in [5.74, 6) is -0.192. The molecule has 0 aliphatic carbocycles. The van der Waals surface area contributed by atoms with Crippen LogP contribution < -0.4 is 21.1 Å². The monoisotopic (exact) mass is 390 g/mol. The minimum atomic E-state index is -3.71. The van der Waals surface area contributed by atoms with E-state index in [1.165, 1.54) is 12.1 Å². The third-order valence-electron chi connectivity index (χ3n) is 3.91. The molecule has 2 rings (SSSR count). The van der Waals surface area contributed by atoms with Gasteiger partial charge in [0.15, 0.2) is 0 Å². The highest BCUT2D eigenvalue weighted by Crippen LogP contribution is 2.16. The first kappa shape index (κ1) is 20.4. The number of hydrogen-bond acceptors (Lipinski definition) is 4. The number of urea groups is 1. The van der Waals surface area contributed by atoms with E-state index in [0.717, 1.165) is 11.1 Å². The first-order valence-corrected chi connectivity index (χ1v) is 9.74. The van der Waals surface area contributed by atoms with Gasteiger partial charge in [-0.3, -0.25) is 4.79 Å². The molecule has 0 bridgehead atoms. The molecule has 0 radical (unpaired) electrons. The number of amides is 3. The summed E-state index contributed by atoms with van der Waals surface area (Å²) in [6.45, 7) is 2.17. The van der Waals surface area contributed by atoms with Crippen LogP contribution >= 0.6 is 0 Å². The standard InChI is InChI=1S/C18H22N4O4S/c1-12-11-14(17(23)20-2)5-8-16(12)22-18(24)21-10-9-13-3-6-15(7-4-13)27(19,25)26/h3-8,11H,9-10H2,1-2H3,(H,20,23)(H2,19,25,26)(H2,21,22,24). The molecular formula is C18H22N4O4S. The van der Waals surface area contributed by atoms with Gasteiger partial charge in [0, 0.05) is 24.8 Å². The number of benzene rings is 2. The van der Waals surface area contributed by atoms with Crippen molar-refractivity contribution < 1.29 is 18.0 Å². The summed E-state index contributed by atoms with van der Waals surface area (Å²) in [5, 5.41) is 13.1. The molecule has 0 aliphatic rings. The van der Waals surface area contributed by atoms with Crippen LogP contribution in [0.1, 0.15) is 21.5 Å². The summed E-state index contributed by atoms with van der Waals surface area (Å²) in [6, 6.07) is 10.8. The van der Waals surface area contributed by atoms with E-state index in [2.05, 4.69) is 16.0 Å². The zero-order valence-corrected chi connectivity index (χ0v) is 15.9. The van der Waals surface area contributed by atoms with Crippen LogP contribution in [0.15, 0.2) is 47.4 Å². The summed E-state index contributed by atoms with van der Waals surface area (Å²) >= 11 is 0. The fraction of sp³-hybridized carbons (Fsp3) is 0.222. The van der Waals surface area contributed by atoms with E-state index >= 15 is 0 Å². The fourth-order valence-corrected chi connectivity index (χ4v) is 2.94. The van der Waals surface area contributed by atoms with Gasteiger partial charge in [-0.1, -0.05) is 12.1 Å². The van der Waals surface area contributed by atoms with Gasteiger partial charge in [-0.05, 0) is 54.8 Å². The van der Waals surface area contributed by atoms with Gasteiger partial charge in [0.2, 0.25) is 10.0 Å². The molecule has 0 saturated carbocycles. The molecule has 9 heteroatoms. The van der Waals surface area contributed by atoms with Crippen molar-refractivity contribution in [3.8, 4) is 0 Å². The van der Waals surface area contributed by atoms with Crippen molar-refractivity contribution in [1.29, 1.82) is 0 Å². The summed E-state index contributed by atoms with van der Waals surface area (Å²) in [6.07, 6.45) is 0.535. The highest BCUT2D eigenvalue weighted by atomic mass is 32.2. The number of rotatable bonds is 6. The number of sulfonamides is 1. The predicted molar refractivity (Wildman–Crippen MR) is 103 cm³/mol. The second-order valence-corrected chi connectivity index (χ2v) is 7.49. The molecular weight excluding hydrogens is 368 g/mol. The molecule has 8 nitrogen and oxygen atoms in total. The van der Waals surface area contributed by atoms with Gasteiger partial charge in [0.25, 0.3) is 5.91 Å². The van der Waals surface area contributed by atoms with Gasteiger partial charge < -0.3 is 16.0 Å². The Bertz CT molecular complexity index is 940. The van der Waals surface area contributed by atoms with Crippen LogP contribution in [0.4, 0.5) is 10.5 Å². The van der Waals surface area contributed by atoms with Crippen molar-refractivity contribution in [1.82, 2.24) is 10.6 Å². The van der Waals surface area contributed by atoms with Gasteiger partial charge in [-0.25, -0.2) is 18.4 Å².